The average Bonchev–Trinajstić information content (AvgIpc) is 2.43. The molecular weight excluding hydrogens is 236 g/mol. The second-order valence-corrected chi connectivity index (χ2v) is 4.78. The molecule has 0 spiro atoms. The molecule has 0 unspecified atom stereocenters. The summed E-state index contributed by atoms with van der Waals surface area (Å²) < 4.78 is 0. The molecule has 106 valence electrons. The summed E-state index contributed by atoms with van der Waals surface area (Å²) in [7, 11) is 0. The van der Waals surface area contributed by atoms with Crippen LogP contribution < -0.4 is 10.6 Å². The Kier molecular flexibility index (Phi) is 7.71. The molecule has 0 fully saturated rings. The standard InChI is InChI=1S/C16H26N2O/c1-3-5-6-7-8-12-18-15-11-9-10-14(13-15)16(19)17-4-2/h9-11,13,18H,3-8,12H2,1-2H3,(H,17,19). The maximum atomic E-state index is 11.7. The van der Waals surface area contributed by atoms with E-state index in [2.05, 4.69) is 17.6 Å². The molecule has 0 saturated heterocycles. The van der Waals surface area contributed by atoms with Gasteiger partial charge in [0.2, 0.25) is 0 Å². The van der Waals surface area contributed by atoms with Gasteiger partial charge in [-0.3, -0.25) is 4.79 Å². The van der Waals surface area contributed by atoms with E-state index in [0.29, 0.717) is 6.54 Å². The molecule has 1 aromatic carbocycles. The fourth-order valence-corrected chi connectivity index (χ4v) is 1.99. The van der Waals surface area contributed by atoms with Crippen LogP contribution in [0.4, 0.5) is 5.69 Å². The van der Waals surface area contributed by atoms with Crippen LogP contribution in [0, 0.1) is 0 Å². The molecule has 0 bridgehead atoms. The average molecular weight is 262 g/mol. The third-order valence-corrected chi connectivity index (χ3v) is 3.07. The van der Waals surface area contributed by atoms with E-state index in [1.807, 2.05) is 31.2 Å². The second-order valence-electron chi connectivity index (χ2n) is 4.78. The van der Waals surface area contributed by atoms with Crippen molar-refractivity contribution in [1.82, 2.24) is 5.32 Å². The quantitative estimate of drug-likeness (QED) is 0.664. The van der Waals surface area contributed by atoms with E-state index >= 15 is 0 Å². The second kappa shape index (κ2) is 9.42. The Morgan fingerprint density at radius 3 is 2.63 bits per heavy atom. The molecule has 0 aliphatic rings. The van der Waals surface area contributed by atoms with Crippen molar-refractivity contribution in [2.45, 2.75) is 46.0 Å². The topological polar surface area (TPSA) is 41.1 Å². The highest BCUT2D eigenvalue weighted by Crippen LogP contribution is 2.11. The van der Waals surface area contributed by atoms with E-state index in [1.54, 1.807) is 0 Å². The van der Waals surface area contributed by atoms with Gasteiger partial charge in [-0.15, -0.1) is 0 Å². The number of carbonyl (C=O) groups excluding carboxylic acids is 1. The number of nitrogens with one attached hydrogen (secondary N) is 2. The highest BCUT2D eigenvalue weighted by molar-refractivity contribution is 5.95. The molecule has 2 N–H and O–H groups in total. The summed E-state index contributed by atoms with van der Waals surface area (Å²) in [6, 6.07) is 7.69. The minimum atomic E-state index is -0.00547. The zero-order chi connectivity index (χ0) is 13.9. The molecule has 0 aliphatic heterocycles. The molecule has 1 rings (SSSR count). The monoisotopic (exact) mass is 262 g/mol. The van der Waals surface area contributed by atoms with Crippen LogP contribution in [-0.4, -0.2) is 19.0 Å². The van der Waals surface area contributed by atoms with E-state index < -0.39 is 0 Å². The maximum absolute atomic E-state index is 11.7. The molecule has 3 nitrogen and oxygen atoms in total. The highest BCUT2D eigenvalue weighted by atomic mass is 16.1. The van der Waals surface area contributed by atoms with Gasteiger partial charge in [0, 0.05) is 24.3 Å². The fraction of sp³-hybridized carbons (Fsp3) is 0.562. The van der Waals surface area contributed by atoms with Gasteiger partial charge in [-0.05, 0) is 31.5 Å². The number of amides is 1. The predicted octanol–water partition coefficient (Wildman–Crippen LogP) is 3.82. The first-order valence-electron chi connectivity index (χ1n) is 7.40. The minimum absolute atomic E-state index is 0.00547. The van der Waals surface area contributed by atoms with Crippen LogP contribution in [0.1, 0.15) is 56.3 Å². The summed E-state index contributed by atoms with van der Waals surface area (Å²) in [5.41, 5.74) is 1.75. The maximum Gasteiger partial charge on any atom is 0.251 e. The number of hydrogen-bond acceptors (Lipinski definition) is 2. The molecular formula is C16H26N2O. The Balaban J connectivity index is 2.34. The van der Waals surface area contributed by atoms with Crippen molar-refractivity contribution in [2.24, 2.45) is 0 Å². The van der Waals surface area contributed by atoms with Crippen LogP contribution in [0.5, 0.6) is 0 Å². The molecule has 0 heterocycles. The van der Waals surface area contributed by atoms with Gasteiger partial charge in [0.25, 0.3) is 5.91 Å². The van der Waals surface area contributed by atoms with Crippen molar-refractivity contribution in [3.63, 3.8) is 0 Å². The van der Waals surface area contributed by atoms with Crippen molar-refractivity contribution >= 4 is 11.6 Å². The zero-order valence-corrected chi connectivity index (χ0v) is 12.2. The number of hydrogen-bond donors (Lipinski definition) is 2. The molecule has 0 aliphatic carbocycles. The first kappa shape index (κ1) is 15.5. The Hall–Kier alpha value is -1.51. The first-order chi connectivity index (χ1) is 9.27. The van der Waals surface area contributed by atoms with Gasteiger partial charge in [-0.25, -0.2) is 0 Å². The Morgan fingerprint density at radius 1 is 1.11 bits per heavy atom. The van der Waals surface area contributed by atoms with Crippen molar-refractivity contribution in [2.75, 3.05) is 18.4 Å². The lowest BCUT2D eigenvalue weighted by Gasteiger charge is -2.08. The molecule has 3 heteroatoms. The number of rotatable bonds is 9. The summed E-state index contributed by atoms with van der Waals surface area (Å²) in [5.74, 6) is -0.00547. The molecule has 1 aromatic rings. The predicted molar refractivity (Wildman–Crippen MR) is 81.7 cm³/mol. The molecule has 1 amide bonds. The van der Waals surface area contributed by atoms with Crippen LogP contribution >= 0.6 is 0 Å². The van der Waals surface area contributed by atoms with E-state index in [4.69, 9.17) is 0 Å². The lowest BCUT2D eigenvalue weighted by molar-refractivity contribution is 0.0956. The summed E-state index contributed by atoms with van der Waals surface area (Å²) in [6.45, 7) is 5.79. The molecule has 0 radical (unpaired) electrons. The van der Waals surface area contributed by atoms with Crippen molar-refractivity contribution in [3.8, 4) is 0 Å². The minimum Gasteiger partial charge on any atom is -0.385 e. The summed E-state index contributed by atoms with van der Waals surface area (Å²) in [6.07, 6.45) is 6.38. The van der Waals surface area contributed by atoms with Crippen LogP contribution in [-0.2, 0) is 0 Å². The Morgan fingerprint density at radius 2 is 1.89 bits per heavy atom. The largest absolute Gasteiger partial charge is 0.385 e. The van der Waals surface area contributed by atoms with Crippen molar-refractivity contribution in [1.29, 1.82) is 0 Å². The van der Waals surface area contributed by atoms with Gasteiger partial charge in [0.1, 0.15) is 0 Å². The van der Waals surface area contributed by atoms with E-state index in [-0.39, 0.29) is 5.91 Å². The van der Waals surface area contributed by atoms with Crippen LogP contribution in [0.2, 0.25) is 0 Å². The molecule has 0 atom stereocenters. The lowest BCUT2D eigenvalue weighted by Crippen LogP contribution is -2.22. The van der Waals surface area contributed by atoms with E-state index in [9.17, 15) is 4.79 Å². The number of benzene rings is 1. The van der Waals surface area contributed by atoms with Crippen LogP contribution in [0.15, 0.2) is 24.3 Å². The number of anilines is 1. The third kappa shape index (κ3) is 6.27. The normalized spacial score (nSPS) is 10.2. The lowest BCUT2D eigenvalue weighted by atomic mass is 10.1. The summed E-state index contributed by atoms with van der Waals surface area (Å²) >= 11 is 0. The summed E-state index contributed by atoms with van der Waals surface area (Å²) in [5, 5.41) is 6.19. The van der Waals surface area contributed by atoms with E-state index in [0.717, 1.165) is 17.8 Å². The first-order valence-corrected chi connectivity index (χ1v) is 7.40. The molecule has 0 saturated carbocycles. The van der Waals surface area contributed by atoms with E-state index in [1.165, 1.54) is 32.1 Å². The Bertz CT molecular complexity index is 377. The number of unbranched alkanes of at least 4 members (excludes halogenated alkanes) is 4. The van der Waals surface area contributed by atoms with Gasteiger partial charge in [0.15, 0.2) is 0 Å². The van der Waals surface area contributed by atoms with Crippen LogP contribution in [0.3, 0.4) is 0 Å². The smallest absolute Gasteiger partial charge is 0.251 e. The third-order valence-electron chi connectivity index (χ3n) is 3.07. The van der Waals surface area contributed by atoms with Crippen molar-refractivity contribution < 1.29 is 4.79 Å². The number of carbonyl (C=O) groups is 1. The molecule has 19 heavy (non-hydrogen) atoms. The van der Waals surface area contributed by atoms with Crippen LogP contribution in [0.25, 0.3) is 0 Å². The van der Waals surface area contributed by atoms with Crippen molar-refractivity contribution in [3.05, 3.63) is 29.8 Å². The van der Waals surface area contributed by atoms with Gasteiger partial charge in [-0.1, -0.05) is 38.7 Å². The van der Waals surface area contributed by atoms with Gasteiger partial charge >= 0.3 is 0 Å². The molecule has 0 aromatic heterocycles. The Labute approximate surface area is 116 Å². The highest BCUT2D eigenvalue weighted by Gasteiger charge is 2.04. The fourth-order valence-electron chi connectivity index (χ4n) is 1.99. The van der Waals surface area contributed by atoms with Gasteiger partial charge in [-0.2, -0.15) is 0 Å². The van der Waals surface area contributed by atoms with Gasteiger partial charge in [0.05, 0.1) is 0 Å². The van der Waals surface area contributed by atoms with Gasteiger partial charge < -0.3 is 10.6 Å². The SMILES string of the molecule is CCCCCCCNc1cccc(C(=O)NCC)c1. The zero-order valence-electron chi connectivity index (χ0n) is 12.2. The summed E-state index contributed by atoms with van der Waals surface area (Å²) in [4.78, 5) is 11.7.